The molecule has 1 unspecified atom stereocenters. The van der Waals surface area contributed by atoms with Crippen LogP contribution in [-0.2, 0) is 0 Å². The van der Waals surface area contributed by atoms with E-state index >= 15 is 0 Å². The Kier molecular flexibility index (Phi) is 5.67. The van der Waals surface area contributed by atoms with E-state index in [0.717, 1.165) is 6.54 Å². The molecule has 0 amide bonds. The van der Waals surface area contributed by atoms with Crippen molar-refractivity contribution < 1.29 is 0 Å². The molecule has 1 fully saturated rings. The van der Waals surface area contributed by atoms with Gasteiger partial charge in [-0.1, -0.05) is 0 Å². The Hall–Kier alpha value is 0.620. The number of nitrogens with two attached hydrogens (primary N) is 1. The van der Waals surface area contributed by atoms with Gasteiger partial charge in [0.05, 0.1) is 0 Å². The second-order valence-corrected chi connectivity index (χ2v) is 6.09. The highest BCUT2D eigenvalue weighted by molar-refractivity contribution is 7.99. The fourth-order valence-electron chi connectivity index (χ4n) is 1.92. The molecule has 1 aliphatic rings. The molecule has 2 N–H and O–H groups in total. The summed E-state index contributed by atoms with van der Waals surface area (Å²) < 4.78 is 0. The van der Waals surface area contributed by atoms with Crippen LogP contribution in [0.15, 0.2) is 0 Å². The van der Waals surface area contributed by atoms with E-state index in [-0.39, 0.29) is 0 Å². The summed E-state index contributed by atoms with van der Waals surface area (Å²) in [5.74, 6) is 3.75. The summed E-state index contributed by atoms with van der Waals surface area (Å²) in [4.78, 5) is 2.48. The molecule has 84 valence electrons. The van der Waals surface area contributed by atoms with Gasteiger partial charge >= 0.3 is 0 Å². The summed E-state index contributed by atoms with van der Waals surface area (Å²) in [5.41, 5.74) is 6.24. The van der Waals surface area contributed by atoms with Crippen molar-refractivity contribution >= 4 is 23.5 Å². The van der Waals surface area contributed by atoms with Crippen molar-refractivity contribution in [1.29, 1.82) is 0 Å². The van der Waals surface area contributed by atoms with Crippen molar-refractivity contribution in [2.45, 2.75) is 18.4 Å². The van der Waals surface area contributed by atoms with Crippen molar-refractivity contribution in [3.63, 3.8) is 0 Å². The van der Waals surface area contributed by atoms with E-state index in [9.17, 15) is 0 Å². The molecular formula is C10H22N2S2. The van der Waals surface area contributed by atoms with Crippen LogP contribution in [0.2, 0.25) is 0 Å². The smallest absolute Gasteiger partial charge is 0.0419 e. The summed E-state index contributed by atoms with van der Waals surface area (Å²) >= 11 is 3.97. The van der Waals surface area contributed by atoms with Gasteiger partial charge in [-0.3, -0.25) is 4.90 Å². The van der Waals surface area contributed by atoms with E-state index in [0.29, 0.717) is 5.54 Å². The number of rotatable bonds is 5. The van der Waals surface area contributed by atoms with E-state index < -0.39 is 0 Å². The third kappa shape index (κ3) is 3.05. The summed E-state index contributed by atoms with van der Waals surface area (Å²) in [6.07, 6.45) is 4.77. The number of likely N-dealkylation sites (N-methyl/N-ethyl adjacent to an activating group) is 1. The highest BCUT2D eigenvalue weighted by Crippen LogP contribution is 2.30. The largest absolute Gasteiger partial charge is 0.329 e. The molecule has 14 heavy (non-hydrogen) atoms. The van der Waals surface area contributed by atoms with E-state index in [4.69, 9.17) is 5.73 Å². The maximum absolute atomic E-state index is 5.95. The molecule has 0 aromatic heterocycles. The quantitative estimate of drug-likeness (QED) is 0.781. The second-order valence-electron chi connectivity index (χ2n) is 4.00. The van der Waals surface area contributed by atoms with Gasteiger partial charge in [-0.2, -0.15) is 23.5 Å². The highest BCUT2D eigenvalue weighted by atomic mass is 32.2. The highest BCUT2D eigenvalue weighted by Gasteiger charge is 2.34. The molecule has 0 spiro atoms. The second kappa shape index (κ2) is 6.26. The van der Waals surface area contributed by atoms with Crippen molar-refractivity contribution in [2.75, 3.05) is 43.7 Å². The fourth-order valence-corrected chi connectivity index (χ4v) is 3.73. The Bertz CT molecular complexity index is 158. The topological polar surface area (TPSA) is 29.3 Å². The van der Waals surface area contributed by atoms with Crippen molar-refractivity contribution in [3.05, 3.63) is 0 Å². The Morgan fingerprint density at radius 2 is 2.36 bits per heavy atom. The summed E-state index contributed by atoms with van der Waals surface area (Å²) in [7, 11) is 2.23. The molecule has 1 atom stereocenters. The summed E-state index contributed by atoms with van der Waals surface area (Å²) in [6, 6.07) is 0. The molecule has 0 aromatic carbocycles. The van der Waals surface area contributed by atoms with Gasteiger partial charge in [0.15, 0.2) is 0 Å². The van der Waals surface area contributed by atoms with E-state index in [1.807, 2.05) is 11.8 Å². The molecule has 1 aliphatic heterocycles. The van der Waals surface area contributed by atoms with Crippen LogP contribution in [0.25, 0.3) is 0 Å². The number of hydrogen-bond donors (Lipinski definition) is 1. The lowest BCUT2D eigenvalue weighted by Gasteiger charge is -2.43. The van der Waals surface area contributed by atoms with Gasteiger partial charge in [0.25, 0.3) is 0 Å². The lowest BCUT2D eigenvalue weighted by Crippen LogP contribution is -2.56. The van der Waals surface area contributed by atoms with Crippen molar-refractivity contribution in [2.24, 2.45) is 5.73 Å². The first-order chi connectivity index (χ1) is 6.75. The van der Waals surface area contributed by atoms with Crippen LogP contribution in [0.1, 0.15) is 12.8 Å². The van der Waals surface area contributed by atoms with Crippen LogP contribution in [-0.4, -0.2) is 54.1 Å². The standard InChI is InChI=1S/C10H22N2S2/c1-12(5-7-13-2)10(8-11)4-3-6-14-9-10/h3-9,11H2,1-2H3. The van der Waals surface area contributed by atoms with Gasteiger partial charge in [0.1, 0.15) is 0 Å². The SMILES string of the molecule is CSCCN(C)C1(CN)CCCSC1. The average molecular weight is 234 g/mol. The molecule has 0 radical (unpaired) electrons. The predicted octanol–water partition coefficient (Wildman–Crippen LogP) is 1.51. The predicted molar refractivity (Wildman–Crippen MR) is 69.4 cm³/mol. The number of nitrogens with zero attached hydrogens (tertiary/aromatic N) is 1. The summed E-state index contributed by atoms with van der Waals surface area (Å²) in [5, 5.41) is 0. The fraction of sp³-hybridized carbons (Fsp3) is 1.00. The first kappa shape index (κ1) is 12.7. The van der Waals surface area contributed by atoms with Gasteiger partial charge in [0, 0.05) is 30.1 Å². The molecule has 1 rings (SSSR count). The maximum atomic E-state index is 5.95. The van der Waals surface area contributed by atoms with Crippen molar-refractivity contribution in [1.82, 2.24) is 4.90 Å². The Balaban J connectivity index is 2.48. The van der Waals surface area contributed by atoms with Crippen molar-refractivity contribution in [3.8, 4) is 0 Å². The molecule has 4 heteroatoms. The minimum absolute atomic E-state index is 0.290. The van der Waals surface area contributed by atoms with Gasteiger partial charge in [0.2, 0.25) is 0 Å². The zero-order chi connectivity index (χ0) is 10.4. The monoisotopic (exact) mass is 234 g/mol. The Labute approximate surface area is 96.4 Å². The lowest BCUT2D eigenvalue weighted by molar-refractivity contribution is 0.144. The van der Waals surface area contributed by atoms with E-state index in [1.165, 1.54) is 36.6 Å². The number of thioether (sulfide) groups is 2. The van der Waals surface area contributed by atoms with Crippen LogP contribution in [0.5, 0.6) is 0 Å². The molecule has 2 nitrogen and oxygen atoms in total. The van der Waals surface area contributed by atoms with Crippen LogP contribution in [0.4, 0.5) is 0 Å². The van der Waals surface area contributed by atoms with Crippen LogP contribution in [0.3, 0.4) is 0 Å². The van der Waals surface area contributed by atoms with Crippen LogP contribution in [0, 0.1) is 0 Å². The zero-order valence-corrected chi connectivity index (χ0v) is 10.9. The molecule has 1 heterocycles. The van der Waals surface area contributed by atoms with Crippen LogP contribution >= 0.6 is 23.5 Å². The first-order valence-electron chi connectivity index (χ1n) is 5.23. The van der Waals surface area contributed by atoms with Crippen LogP contribution < -0.4 is 5.73 Å². The Morgan fingerprint density at radius 1 is 1.57 bits per heavy atom. The average Bonchev–Trinajstić information content (AvgIpc) is 2.26. The third-order valence-electron chi connectivity index (χ3n) is 3.12. The Morgan fingerprint density at radius 3 is 2.86 bits per heavy atom. The molecular weight excluding hydrogens is 212 g/mol. The molecule has 0 bridgehead atoms. The molecule has 0 aliphatic carbocycles. The van der Waals surface area contributed by atoms with E-state index in [1.54, 1.807) is 0 Å². The lowest BCUT2D eigenvalue weighted by atomic mass is 9.94. The maximum Gasteiger partial charge on any atom is 0.0419 e. The van der Waals surface area contributed by atoms with Gasteiger partial charge in [-0.15, -0.1) is 0 Å². The number of hydrogen-bond acceptors (Lipinski definition) is 4. The zero-order valence-electron chi connectivity index (χ0n) is 9.29. The minimum Gasteiger partial charge on any atom is -0.329 e. The third-order valence-corrected chi connectivity index (χ3v) is 5.03. The first-order valence-corrected chi connectivity index (χ1v) is 7.78. The normalized spacial score (nSPS) is 28.3. The molecule has 0 saturated carbocycles. The minimum atomic E-state index is 0.290. The van der Waals surface area contributed by atoms with Gasteiger partial charge in [-0.25, -0.2) is 0 Å². The summed E-state index contributed by atoms with van der Waals surface area (Å²) in [6.45, 7) is 1.98. The van der Waals surface area contributed by atoms with E-state index in [2.05, 4.69) is 30.0 Å². The molecule has 0 aromatic rings. The van der Waals surface area contributed by atoms with Gasteiger partial charge < -0.3 is 5.73 Å². The van der Waals surface area contributed by atoms with Gasteiger partial charge in [-0.05, 0) is 31.9 Å². The molecule has 1 saturated heterocycles.